The summed E-state index contributed by atoms with van der Waals surface area (Å²) in [7, 11) is 0. The van der Waals surface area contributed by atoms with Crippen LogP contribution in [-0.2, 0) is 0 Å². The third kappa shape index (κ3) is 2.91. The lowest BCUT2D eigenvalue weighted by Crippen LogP contribution is -2.20. The number of halogens is 1. The van der Waals surface area contributed by atoms with E-state index in [1.54, 1.807) is 0 Å². The largest absolute Gasteiger partial charge is 0.335 e. The van der Waals surface area contributed by atoms with E-state index in [1.807, 2.05) is 11.8 Å². The van der Waals surface area contributed by atoms with Crippen molar-refractivity contribution >= 4 is 38.5 Å². The summed E-state index contributed by atoms with van der Waals surface area (Å²) in [5.74, 6) is 1.07. The maximum atomic E-state index is 4.77. The normalized spacial score (nSPS) is 23.1. The summed E-state index contributed by atoms with van der Waals surface area (Å²) < 4.78 is 1.19. The second-order valence-corrected chi connectivity index (χ2v) is 6.86. The van der Waals surface area contributed by atoms with E-state index in [0.29, 0.717) is 0 Å². The Morgan fingerprint density at radius 3 is 2.50 bits per heavy atom. The van der Waals surface area contributed by atoms with Crippen LogP contribution >= 0.6 is 27.7 Å². The summed E-state index contributed by atoms with van der Waals surface area (Å²) in [5, 5.41) is 4.47. The van der Waals surface area contributed by atoms with E-state index in [0.717, 1.165) is 23.0 Å². The Bertz CT molecular complexity index is 476. The highest BCUT2D eigenvalue weighted by Crippen LogP contribution is 2.32. The highest BCUT2D eigenvalue weighted by molar-refractivity contribution is 9.10. The van der Waals surface area contributed by atoms with Gasteiger partial charge in [0.2, 0.25) is 0 Å². The van der Waals surface area contributed by atoms with Gasteiger partial charge in [-0.1, -0.05) is 34.6 Å². The molecule has 0 bridgehead atoms. The lowest BCUT2D eigenvalue weighted by molar-refractivity contribution is 0.523. The molecular weight excluding hydrogens is 308 g/mol. The first-order valence-corrected chi connectivity index (χ1v) is 7.98. The number of hydrogen-bond acceptors (Lipinski definition) is 3. The summed E-state index contributed by atoms with van der Waals surface area (Å²) in [6.07, 6.45) is 1.09. The van der Waals surface area contributed by atoms with Gasteiger partial charge in [0.05, 0.1) is 5.54 Å². The van der Waals surface area contributed by atoms with Crippen molar-refractivity contribution in [2.24, 2.45) is 4.99 Å². The lowest BCUT2D eigenvalue weighted by atomic mass is 10.0. The Kier molecular flexibility index (Phi) is 4.07. The van der Waals surface area contributed by atoms with Gasteiger partial charge in [-0.05, 0) is 50.5 Å². The number of aliphatic imine (C=N–C) groups is 1. The lowest BCUT2D eigenvalue weighted by Gasteiger charge is -2.15. The van der Waals surface area contributed by atoms with E-state index < -0.39 is 0 Å². The van der Waals surface area contributed by atoms with Gasteiger partial charge in [0.1, 0.15) is 0 Å². The van der Waals surface area contributed by atoms with Crippen molar-refractivity contribution in [2.45, 2.75) is 39.7 Å². The molecule has 0 aromatic heterocycles. The number of rotatable bonds is 2. The van der Waals surface area contributed by atoms with Crippen molar-refractivity contribution in [2.75, 3.05) is 11.1 Å². The molecular formula is C14H19BrN2S. The molecule has 18 heavy (non-hydrogen) atoms. The van der Waals surface area contributed by atoms with Gasteiger partial charge in [-0.25, -0.2) is 0 Å². The number of benzene rings is 1. The summed E-state index contributed by atoms with van der Waals surface area (Å²) in [4.78, 5) is 4.77. The van der Waals surface area contributed by atoms with E-state index in [2.05, 4.69) is 61.1 Å². The monoisotopic (exact) mass is 326 g/mol. The number of thioether (sulfide) groups is 1. The van der Waals surface area contributed by atoms with Crippen molar-refractivity contribution < 1.29 is 0 Å². The molecule has 4 heteroatoms. The molecule has 1 aromatic rings. The third-order valence-electron chi connectivity index (χ3n) is 3.34. The topological polar surface area (TPSA) is 24.4 Å². The van der Waals surface area contributed by atoms with Crippen molar-refractivity contribution in [1.29, 1.82) is 0 Å². The molecule has 0 saturated heterocycles. The molecule has 0 radical (unpaired) electrons. The second kappa shape index (κ2) is 5.25. The third-order valence-corrected chi connectivity index (χ3v) is 5.82. The summed E-state index contributed by atoms with van der Waals surface area (Å²) in [5.41, 5.74) is 3.73. The molecule has 98 valence electrons. The number of nitrogens with zero attached hydrogens (tertiary/aromatic N) is 1. The minimum atomic E-state index is 0.104. The highest BCUT2D eigenvalue weighted by atomic mass is 79.9. The van der Waals surface area contributed by atoms with Gasteiger partial charge in [-0.2, -0.15) is 0 Å². The molecule has 1 aromatic carbocycles. The molecule has 0 amide bonds. The minimum absolute atomic E-state index is 0.104. The van der Waals surface area contributed by atoms with Crippen LogP contribution in [0.25, 0.3) is 0 Å². The highest BCUT2D eigenvalue weighted by Gasteiger charge is 2.28. The summed E-state index contributed by atoms with van der Waals surface area (Å²) >= 11 is 5.40. The molecule has 1 aliphatic rings. The van der Waals surface area contributed by atoms with E-state index in [1.165, 1.54) is 15.6 Å². The molecule has 0 fully saturated rings. The molecule has 1 unspecified atom stereocenters. The van der Waals surface area contributed by atoms with Crippen molar-refractivity contribution in [3.8, 4) is 0 Å². The predicted molar refractivity (Wildman–Crippen MR) is 85.8 cm³/mol. The fourth-order valence-electron chi connectivity index (χ4n) is 1.92. The molecule has 0 spiro atoms. The van der Waals surface area contributed by atoms with Crippen molar-refractivity contribution in [3.63, 3.8) is 0 Å². The Morgan fingerprint density at radius 2 is 2.00 bits per heavy atom. The summed E-state index contributed by atoms with van der Waals surface area (Å²) in [6, 6.07) is 4.31. The first-order valence-electron chi connectivity index (χ1n) is 6.20. The van der Waals surface area contributed by atoms with Crippen LogP contribution in [0.1, 0.15) is 31.4 Å². The fraction of sp³-hybridized carbons (Fsp3) is 0.500. The molecule has 2 nitrogen and oxygen atoms in total. The number of anilines is 1. The van der Waals surface area contributed by atoms with Gasteiger partial charge < -0.3 is 5.32 Å². The molecule has 2 rings (SSSR count). The molecule has 0 aliphatic carbocycles. The number of amidine groups is 1. The van der Waals surface area contributed by atoms with Gasteiger partial charge in [0.25, 0.3) is 0 Å². The molecule has 1 heterocycles. The maximum Gasteiger partial charge on any atom is 0.161 e. The van der Waals surface area contributed by atoms with E-state index in [9.17, 15) is 0 Å². The Hall–Kier alpha value is -0.480. The predicted octanol–water partition coefficient (Wildman–Crippen LogP) is 4.75. The average Bonchev–Trinajstić information content (AvgIpc) is 2.69. The molecule has 1 aliphatic heterocycles. The van der Waals surface area contributed by atoms with Crippen LogP contribution in [0.2, 0.25) is 0 Å². The Balaban J connectivity index is 2.19. The molecule has 1 atom stereocenters. The summed E-state index contributed by atoms with van der Waals surface area (Å²) in [6.45, 7) is 8.64. The number of aryl methyl sites for hydroxylation is 2. The van der Waals surface area contributed by atoms with Gasteiger partial charge in [0.15, 0.2) is 5.17 Å². The first kappa shape index (κ1) is 13.9. The Labute approximate surface area is 122 Å². The maximum absolute atomic E-state index is 4.77. The number of nitrogens with one attached hydrogen (secondary N) is 1. The number of hydrogen-bond donors (Lipinski definition) is 1. The van der Waals surface area contributed by atoms with E-state index >= 15 is 0 Å². The minimum Gasteiger partial charge on any atom is -0.335 e. The zero-order valence-electron chi connectivity index (χ0n) is 11.3. The quantitative estimate of drug-likeness (QED) is 0.848. The van der Waals surface area contributed by atoms with E-state index in [4.69, 9.17) is 4.99 Å². The first-order chi connectivity index (χ1) is 8.43. The zero-order chi connectivity index (χ0) is 13.3. The SMILES string of the molecule is CCC1(C)CSC(Nc2cc(C)c(Br)c(C)c2)=N1. The van der Waals surface area contributed by atoms with Crippen LogP contribution < -0.4 is 5.32 Å². The van der Waals surface area contributed by atoms with Crippen LogP contribution in [0.4, 0.5) is 5.69 Å². The van der Waals surface area contributed by atoms with Crippen LogP contribution in [0.5, 0.6) is 0 Å². The van der Waals surface area contributed by atoms with Crippen LogP contribution in [0.15, 0.2) is 21.6 Å². The Morgan fingerprint density at radius 1 is 1.39 bits per heavy atom. The standard InChI is InChI=1S/C14H19BrN2S/c1-5-14(4)8-18-13(17-14)16-11-6-9(2)12(15)10(3)7-11/h6-7H,5,8H2,1-4H3,(H,16,17). The second-order valence-electron chi connectivity index (χ2n) is 5.11. The van der Waals surface area contributed by atoms with Crippen LogP contribution in [0.3, 0.4) is 0 Å². The van der Waals surface area contributed by atoms with Gasteiger partial charge in [0, 0.05) is 15.9 Å². The van der Waals surface area contributed by atoms with Gasteiger partial charge in [-0.3, -0.25) is 4.99 Å². The van der Waals surface area contributed by atoms with Gasteiger partial charge >= 0.3 is 0 Å². The molecule has 1 N–H and O–H groups in total. The van der Waals surface area contributed by atoms with Crippen molar-refractivity contribution in [1.82, 2.24) is 0 Å². The van der Waals surface area contributed by atoms with Crippen LogP contribution in [-0.4, -0.2) is 16.5 Å². The average molecular weight is 327 g/mol. The zero-order valence-corrected chi connectivity index (χ0v) is 13.7. The van der Waals surface area contributed by atoms with E-state index in [-0.39, 0.29) is 5.54 Å². The van der Waals surface area contributed by atoms with Gasteiger partial charge in [-0.15, -0.1) is 0 Å². The molecule has 0 saturated carbocycles. The fourth-order valence-corrected chi connectivity index (χ4v) is 3.34. The van der Waals surface area contributed by atoms with Crippen LogP contribution in [0, 0.1) is 13.8 Å². The smallest absolute Gasteiger partial charge is 0.161 e. The van der Waals surface area contributed by atoms with Crippen molar-refractivity contribution in [3.05, 3.63) is 27.7 Å².